The van der Waals surface area contributed by atoms with Crippen molar-refractivity contribution in [2.45, 2.75) is 18.8 Å². The van der Waals surface area contributed by atoms with Gasteiger partial charge in [-0.05, 0) is 46.5 Å². The van der Waals surface area contributed by atoms with E-state index in [0.29, 0.717) is 22.3 Å². The zero-order valence-electron chi connectivity index (χ0n) is 11.7. The molecule has 0 bridgehead atoms. The van der Waals surface area contributed by atoms with Crippen LogP contribution in [0.3, 0.4) is 0 Å². The Morgan fingerprint density at radius 1 is 0.708 bits per heavy atom. The number of hydrogen-bond acceptors (Lipinski definition) is 3. The van der Waals surface area contributed by atoms with Crippen LogP contribution in [0, 0.1) is 0 Å². The molecule has 9 heteroatoms. The van der Waals surface area contributed by atoms with Gasteiger partial charge in [0.05, 0.1) is 6.04 Å². The quantitative estimate of drug-likeness (QED) is 0.812. The van der Waals surface area contributed by atoms with Crippen LogP contribution in [0.2, 0.25) is 0 Å². The fourth-order valence-corrected chi connectivity index (χ4v) is 2.65. The number of hydrogen-bond donors (Lipinski definition) is 1. The first kappa shape index (κ1) is 16.4. The molecule has 128 valence electrons. The third kappa shape index (κ3) is 3.25. The second-order valence-corrected chi connectivity index (χ2v) is 5.07. The third-order valence-electron chi connectivity index (χ3n) is 3.47. The molecule has 0 atom stereocenters. The molecule has 0 saturated heterocycles. The van der Waals surface area contributed by atoms with E-state index in [1.807, 2.05) is 0 Å². The number of halogens is 6. The molecule has 0 unspecified atom stereocenters. The van der Waals surface area contributed by atoms with Gasteiger partial charge in [-0.1, -0.05) is 12.1 Å². The van der Waals surface area contributed by atoms with E-state index in [1.165, 1.54) is 12.1 Å². The van der Waals surface area contributed by atoms with Gasteiger partial charge in [0.15, 0.2) is 0 Å². The molecule has 0 radical (unpaired) electrons. The maximum Gasteiger partial charge on any atom is 0.573 e. The van der Waals surface area contributed by atoms with Gasteiger partial charge in [0, 0.05) is 0 Å². The maximum absolute atomic E-state index is 12.3. The van der Waals surface area contributed by atoms with Gasteiger partial charge in [-0.2, -0.15) is 0 Å². The van der Waals surface area contributed by atoms with E-state index in [-0.39, 0.29) is 0 Å². The highest BCUT2D eigenvalue weighted by Gasteiger charge is 2.34. The Hall–Kier alpha value is -2.42. The molecule has 1 aliphatic rings. The van der Waals surface area contributed by atoms with Crippen molar-refractivity contribution < 1.29 is 35.8 Å². The molecular formula is C15H9F6NO2. The lowest BCUT2D eigenvalue weighted by atomic mass is 10.1. The summed E-state index contributed by atoms with van der Waals surface area (Å²) in [4.78, 5) is 0. The van der Waals surface area contributed by atoms with E-state index in [2.05, 4.69) is 9.47 Å². The highest BCUT2D eigenvalue weighted by atomic mass is 19.4. The van der Waals surface area contributed by atoms with Crippen LogP contribution < -0.4 is 15.2 Å². The Bertz CT molecular complexity index is 719. The molecule has 0 aromatic heterocycles. The van der Waals surface area contributed by atoms with Crippen LogP contribution in [-0.2, 0) is 0 Å². The highest BCUT2D eigenvalue weighted by Crippen LogP contribution is 2.45. The summed E-state index contributed by atoms with van der Waals surface area (Å²) in [7, 11) is 0. The minimum atomic E-state index is -4.85. The van der Waals surface area contributed by atoms with Crippen molar-refractivity contribution in [3.63, 3.8) is 0 Å². The molecule has 2 N–H and O–H groups in total. The second kappa shape index (κ2) is 5.30. The van der Waals surface area contributed by atoms with Gasteiger partial charge in [0.25, 0.3) is 0 Å². The molecule has 0 aliphatic heterocycles. The van der Waals surface area contributed by atoms with Crippen molar-refractivity contribution in [1.29, 1.82) is 0 Å². The molecule has 0 spiro atoms. The number of ether oxygens (including phenoxy) is 2. The summed E-state index contributed by atoms with van der Waals surface area (Å²) < 4.78 is 81.4. The summed E-state index contributed by atoms with van der Waals surface area (Å²) in [6.07, 6.45) is -9.70. The van der Waals surface area contributed by atoms with Gasteiger partial charge in [-0.25, -0.2) is 0 Å². The molecule has 3 rings (SSSR count). The molecule has 2 aromatic rings. The molecule has 0 fully saturated rings. The lowest BCUT2D eigenvalue weighted by Gasteiger charge is -2.12. The average molecular weight is 349 g/mol. The summed E-state index contributed by atoms with van der Waals surface area (Å²) in [6.45, 7) is 0. The predicted octanol–water partition coefficient (Wildman–Crippen LogP) is 4.51. The smallest absolute Gasteiger partial charge is 0.406 e. The van der Waals surface area contributed by atoms with Gasteiger partial charge in [0.2, 0.25) is 0 Å². The van der Waals surface area contributed by atoms with Crippen molar-refractivity contribution in [3.8, 4) is 22.6 Å². The largest absolute Gasteiger partial charge is 0.573 e. The first-order valence-corrected chi connectivity index (χ1v) is 6.59. The summed E-state index contributed by atoms with van der Waals surface area (Å²) in [5, 5.41) is 0. The molecule has 0 saturated carbocycles. The molecule has 24 heavy (non-hydrogen) atoms. The number of benzene rings is 2. The van der Waals surface area contributed by atoms with E-state index in [0.717, 1.165) is 24.3 Å². The van der Waals surface area contributed by atoms with Crippen molar-refractivity contribution in [1.82, 2.24) is 0 Å². The monoisotopic (exact) mass is 349 g/mol. The zero-order valence-corrected chi connectivity index (χ0v) is 11.7. The molecule has 2 aromatic carbocycles. The Morgan fingerprint density at radius 3 is 1.42 bits per heavy atom. The summed E-state index contributed by atoms with van der Waals surface area (Å²) in [5.41, 5.74) is 7.67. The number of alkyl halides is 6. The fraction of sp³-hybridized carbons (Fsp3) is 0.200. The van der Waals surface area contributed by atoms with Crippen LogP contribution in [0.25, 0.3) is 11.1 Å². The number of fused-ring (bicyclic) bond motifs is 3. The Kier molecular flexibility index (Phi) is 3.63. The Balaban J connectivity index is 1.96. The normalized spacial score (nSPS) is 14.3. The first-order chi connectivity index (χ1) is 11.0. The van der Waals surface area contributed by atoms with Crippen molar-refractivity contribution in [3.05, 3.63) is 47.5 Å². The highest BCUT2D eigenvalue weighted by molar-refractivity contribution is 5.79. The van der Waals surface area contributed by atoms with Crippen LogP contribution in [0.1, 0.15) is 17.2 Å². The van der Waals surface area contributed by atoms with Crippen molar-refractivity contribution >= 4 is 0 Å². The number of nitrogens with two attached hydrogens (primary N) is 1. The third-order valence-corrected chi connectivity index (χ3v) is 3.47. The lowest BCUT2D eigenvalue weighted by molar-refractivity contribution is -0.275. The van der Waals surface area contributed by atoms with Gasteiger partial charge < -0.3 is 15.2 Å². The molecule has 0 heterocycles. The predicted molar refractivity (Wildman–Crippen MR) is 71.3 cm³/mol. The summed E-state index contributed by atoms with van der Waals surface area (Å²) >= 11 is 0. The Morgan fingerprint density at radius 2 is 1.08 bits per heavy atom. The molecule has 3 nitrogen and oxygen atoms in total. The van der Waals surface area contributed by atoms with Crippen LogP contribution in [-0.4, -0.2) is 12.7 Å². The summed E-state index contributed by atoms with van der Waals surface area (Å²) in [6, 6.07) is 6.36. The minimum Gasteiger partial charge on any atom is -0.406 e. The van der Waals surface area contributed by atoms with Gasteiger partial charge >= 0.3 is 12.7 Å². The van der Waals surface area contributed by atoms with Crippen molar-refractivity contribution in [2.24, 2.45) is 5.73 Å². The number of rotatable bonds is 2. The van der Waals surface area contributed by atoms with Crippen LogP contribution in [0.4, 0.5) is 26.3 Å². The van der Waals surface area contributed by atoms with Crippen molar-refractivity contribution in [2.75, 3.05) is 0 Å². The molecule has 1 aliphatic carbocycles. The molecular weight excluding hydrogens is 340 g/mol. The van der Waals surface area contributed by atoms with E-state index in [4.69, 9.17) is 5.73 Å². The van der Waals surface area contributed by atoms with Gasteiger partial charge in [0.1, 0.15) is 11.5 Å². The van der Waals surface area contributed by atoms with E-state index in [9.17, 15) is 26.3 Å². The van der Waals surface area contributed by atoms with Crippen LogP contribution in [0.15, 0.2) is 36.4 Å². The standard InChI is InChI=1S/C15H9F6NO2/c16-14(17,18)23-7-1-3-9-10-4-2-8(24-15(19,20)21)6-12(10)13(22)11(9)5-7/h1-6,13H,22H2. The maximum atomic E-state index is 12.3. The fourth-order valence-electron chi connectivity index (χ4n) is 2.65. The Labute approximate surface area is 131 Å². The van der Waals surface area contributed by atoms with E-state index >= 15 is 0 Å². The van der Waals surface area contributed by atoms with Gasteiger partial charge in [-0.3, -0.25) is 0 Å². The minimum absolute atomic E-state index is 0.330. The molecule has 0 amide bonds. The van der Waals surface area contributed by atoms with Crippen LogP contribution in [0.5, 0.6) is 11.5 Å². The lowest BCUT2D eigenvalue weighted by Crippen LogP contribution is -2.18. The second-order valence-electron chi connectivity index (χ2n) is 5.07. The topological polar surface area (TPSA) is 44.5 Å². The van der Waals surface area contributed by atoms with Crippen LogP contribution >= 0.6 is 0 Å². The van der Waals surface area contributed by atoms with E-state index in [1.54, 1.807) is 0 Å². The SMILES string of the molecule is NC1c2cc(OC(F)(F)F)ccc2-c2ccc(OC(F)(F)F)cc21. The average Bonchev–Trinajstić information content (AvgIpc) is 2.68. The zero-order chi connectivity index (χ0) is 17.7. The first-order valence-electron chi connectivity index (χ1n) is 6.59. The van der Waals surface area contributed by atoms with Gasteiger partial charge in [-0.15, -0.1) is 26.3 Å². The van der Waals surface area contributed by atoms with E-state index < -0.39 is 30.3 Å². The summed E-state index contributed by atoms with van der Waals surface area (Å²) in [5.74, 6) is -0.896.